The number of para-hydroxylation sites is 1. The lowest BCUT2D eigenvalue weighted by Crippen LogP contribution is -2.17. The Hall–Kier alpha value is -1.07. The molecule has 1 N–H and O–H groups in total. The van der Waals surface area contributed by atoms with Crippen LogP contribution in [-0.2, 0) is 14.6 Å². The molecule has 1 saturated carbocycles. The van der Waals surface area contributed by atoms with Crippen LogP contribution in [0.15, 0.2) is 29.2 Å². The summed E-state index contributed by atoms with van der Waals surface area (Å²) >= 11 is 0. The summed E-state index contributed by atoms with van der Waals surface area (Å²) in [5.41, 5.74) is 0.671. The zero-order chi connectivity index (χ0) is 14.4. The van der Waals surface area contributed by atoms with Crippen molar-refractivity contribution in [1.29, 1.82) is 0 Å². The van der Waals surface area contributed by atoms with Crippen molar-refractivity contribution >= 4 is 15.5 Å². The highest BCUT2D eigenvalue weighted by atomic mass is 32.2. The van der Waals surface area contributed by atoms with E-state index in [1.165, 1.54) is 12.8 Å². The minimum Gasteiger partial charge on any atom is -0.382 e. The Bertz CT molecular complexity index is 522. The third kappa shape index (κ3) is 3.96. The lowest BCUT2D eigenvalue weighted by molar-refractivity contribution is 0.0659. The number of nitrogens with one attached hydrogen (secondary N) is 1. The third-order valence-electron chi connectivity index (χ3n) is 3.68. The lowest BCUT2D eigenvalue weighted by Gasteiger charge is -2.14. The molecule has 20 heavy (non-hydrogen) atoms. The first-order valence-corrected chi connectivity index (χ1v) is 8.96. The average molecular weight is 297 g/mol. The van der Waals surface area contributed by atoms with Crippen LogP contribution < -0.4 is 5.32 Å². The molecule has 0 amide bonds. The van der Waals surface area contributed by atoms with E-state index in [1.807, 2.05) is 6.07 Å². The molecule has 0 heterocycles. The Morgan fingerprint density at radius 3 is 2.65 bits per heavy atom. The number of benzene rings is 1. The molecule has 0 saturated heterocycles. The molecule has 1 aromatic rings. The van der Waals surface area contributed by atoms with E-state index < -0.39 is 9.84 Å². The first-order valence-electron chi connectivity index (χ1n) is 7.31. The van der Waals surface area contributed by atoms with Crippen LogP contribution in [0.3, 0.4) is 0 Å². The minimum atomic E-state index is -3.18. The van der Waals surface area contributed by atoms with Crippen LogP contribution in [0.4, 0.5) is 5.69 Å². The van der Waals surface area contributed by atoms with Crippen LogP contribution in [0.2, 0.25) is 0 Å². The van der Waals surface area contributed by atoms with Crippen LogP contribution in [0, 0.1) is 0 Å². The summed E-state index contributed by atoms with van der Waals surface area (Å²) in [6, 6.07) is 7.05. The molecule has 0 aliphatic heterocycles. The van der Waals surface area contributed by atoms with E-state index in [-0.39, 0.29) is 5.75 Å². The normalized spacial score (nSPS) is 16.4. The first-order chi connectivity index (χ1) is 9.63. The molecular weight excluding hydrogens is 274 g/mol. The van der Waals surface area contributed by atoms with Gasteiger partial charge in [-0.05, 0) is 25.0 Å². The van der Waals surface area contributed by atoms with Crippen molar-refractivity contribution in [2.75, 3.05) is 24.2 Å². The summed E-state index contributed by atoms with van der Waals surface area (Å²) in [4.78, 5) is 0.378. The zero-order valence-electron chi connectivity index (χ0n) is 12.0. The summed E-state index contributed by atoms with van der Waals surface area (Å²) < 4.78 is 29.7. The molecule has 1 aliphatic carbocycles. The molecule has 0 radical (unpaired) electrons. The molecule has 1 fully saturated rings. The monoisotopic (exact) mass is 297 g/mol. The summed E-state index contributed by atoms with van der Waals surface area (Å²) in [7, 11) is -3.18. The molecule has 1 aromatic carbocycles. The van der Waals surface area contributed by atoms with Gasteiger partial charge in [-0.25, -0.2) is 8.42 Å². The van der Waals surface area contributed by atoms with Gasteiger partial charge in [-0.15, -0.1) is 0 Å². The average Bonchev–Trinajstić information content (AvgIpc) is 2.97. The van der Waals surface area contributed by atoms with Gasteiger partial charge in [0, 0.05) is 6.54 Å². The predicted molar refractivity (Wildman–Crippen MR) is 80.9 cm³/mol. The first kappa shape index (κ1) is 15.3. The number of sulfone groups is 1. The molecule has 0 bridgehead atoms. The van der Waals surface area contributed by atoms with Crippen molar-refractivity contribution in [3.05, 3.63) is 24.3 Å². The van der Waals surface area contributed by atoms with Crippen LogP contribution in [0.1, 0.15) is 32.6 Å². The van der Waals surface area contributed by atoms with E-state index in [0.29, 0.717) is 29.8 Å². The Morgan fingerprint density at radius 2 is 1.95 bits per heavy atom. The summed E-state index contributed by atoms with van der Waals surface area (Å²) in [6.45, 7) is 2.91. The zero-order valence-corrected chi connectivity index (χ0v) is 12.8. The molecule has 0 spiro atoms. The Kier molecular flexibility index (Phi) is 5.43. The molecule has 4 nitrogen and oxygen atoms in total. The van der Waals surface area contributed by atoms with Crippen molar-refractivity contribution in [3.63, 3.8) is 0 Å². The molecule has 112 valence electrons. The van der Waals surface area contributed by atoms with E-state index in [4.69, 9.17) is 4.74 Å². The smallest absolute Gasteiger partial charge is 0.180 e. The summed E-state index contributed by atoms with van der Waals surface area (Å²) in [6.07, 6.45) is 5.22. The maximum absolute atomic E-state index is 12.0. The van der Waals surface area contributed by atoms with E-state index >= 15 is 0 Å². The lowest BCUT2D eigenvalue weighted by atomic mass is 10.3. The number of rotatable bonds is 7. The Morgan fingerprint density at radius 1 is 1.25 bits per heavy atom. The second-order valence-electron chi connectivity index (χ2n) is 5.10. The molecule has 2 rings (SSSR count). The van der Waals surface area contributed by atoms with Crippen molar-refractivity contribution < 1.29 is 13.2 Å². The molecule has 0 atom stereocenters. The van der Waals surface area contributed by atoms with Crippen molar-refractivity contribution in [2.24, 2.45) is 0 Å². The van der Waals surface area contributed by atoms with Crippen LogP contribution in [0.5, 0.6) is 0 Å². The molecule has 0 aromatic heterocycles. The second kappa shape index (κ2) is 7.09. The maximum atomic E-state index is 12.0. The SMILES string of the molecule is CCS(=O)(=O)c1ccccc1NCCOC1CCCC1. The predicted octanol–water partition coefficient (Wildman–Crippen LogP) is 2.85. The van der Waals surface area contributed by atoms with Gasteiger partial charge in [-0.1, -0.05) is 31.9 Å². The van der Waals surface area contributed by atoms with Gasteiger partial charge in [-0.3, -0.25) is 0 Å². The fraction of sp³-hybridized carbons (Fsp3) is 0.600. The Labute approximate surface area is 121 Å². The van der Waals surface area contributed by atoms with E-state index in [1.54, 1.807) is 25.1 Å². The van der Waals surface area contributed by atoms with Crippen molar-refractivity contribution in [3.8, 4) is 0 Å². The third-order valence-corrected chi connectivity index (χ3v) is 5.46. The molecular formula is C15H23NO3S. The fourth-order valence-corrected chi connectivity index (χ4v) is 3.58. The largest absolute Gasteiger partial charge is 0.382 e. The number of ether oxygens (including phenoxy) is 1. The summed E-state index contributed by atoms with van der Waals surface area (Å²) in [5, 5.41) is 3.17. The highest BCUT2D eigenvalue weighted by molar-refractivity contribution is 7.91. The van der Waals surface area contributed by atoms with Crippen LogP contribution >= 0.6 is 0 Å². The van der Waals surface area contributed by atoms with Gasteiger partial charge in [-0.2, -0.15) is 0 Å². The number of hydrogen-bond acceptors (Lipinski definition) is 4. The van der Waals surface area contributed by atoms with Gasteiger partial charge in [0.25, 0.3) is 0 Å². The van der Waals surface area contributed by atoms with Gasteiger partial charge in [0.2, 0.25) is 0 Å². The van der Waals surface area contributed by atoms with Gasteiger partial charge in [0.05, 0.1) is 29.0 Å². The maximum Gasteiger partial charge on any atom is 0.180 e. The van der Waals surface area contributed by atoms with Gasteiger partial charge in [0.15, 0.2) is 9.84 Å². The van der Waals surface area contributed by atoms with E-state index in [9.17, 15) is 8.42 Å². The highest BCUT2D eigenvalue weighted by Crippen LogP contribution is 2.22. The Balaban J connectivity index is 1.89. The van der Waals surface area contributed by atoms with Gasteiger partial charge in [0.1, 0.15) is 0 Å². The number of hydrogen-bond donors (Lipinski definition) is 1. The fourth-order valence-electron chi connectivity index (χ4n) is 2.51. The van der Waals surface area contributed by atoms with Crippen LogP contribution in [0.25, 0.3) is 0 Å². The standard InChI is InChI=1S/C15H23NO3S/c1-2-20(17,18)15-10-6-5-9-14(15)16-11-12-19-13-7-3-4-8-13/h5-6,9-10,13,16H,2-4,7-8,11-12H2,1H3. The number of anilines is 1. The van der Waals surface area contributed by atoms with Crippen molar-refractivity contribution in [1.82, 2.24) is 0 Å². The van der Waals surface area contributed by atoms with Crippen molar-refractivity contribution in [2.45, 2.75) is 43.6 Å². The molecule has 5 heteroatoms. The van der Waals surface area contributed by atoms with E-state index in [0.717, 1.165) is 12.8 Å². The second-order valence-corrected chi connectivity index (χ2v) is 7.35. The van der Waals surface area contributed by atoms with Gasteiger partial charge >= 0.3 is 0 Å². The topological polar surface area (TPSA) is 55.4 Å². The van der Waals surface area contributed by atoms with Crippen LogP contribution in [-0.4, -0.2) is 33.4 Å². The molecule has 1 aliphatic rings. The quantitative estimate of drug-likeness (QED) is 0.786. The summed E-state index contributed by atoms with van der Waals surface area (Å²) in [5.74, 6) is 0.115. The minimum absolute atomic E-state index is 0.115. The highest BCUT2D eigenvalue weighted by Gasteiger charge is 2.17. The van der Waals surface area contributed by atoms with Gasteiger partial charge < -0.3 is 10.1 Å². The molecule has 0 unspecified atom stereocenters. The van der Waals surface area contributed by atoms with E-state index in [2.05, 4.69) is 5.32 Å².